The number of carbonyl (C=O) groups excluding carboxylic acids is 2. The zero-order valence-electron chi connectivity index (χ0n) is 19.9. The molecule has 2 aromatic rings. The molecule has 0 atom stereocenters. The molecule has 0 bridgehead atoms. The maximum absolute atomic E-state index is 13.2. The number of carbonyl (C=O) groups is 2. The molecule has 0 unspecified atom stereocenters. The lowest BCUT2D eigenvalue weighted by atomic mass is 10.0. The van der Waals surface area contributed by atoms with Crippen molar-refractivity contribution < 1.29 is 18.0 Å². The summed E-state index contributed by atoms with van der Waals surface area (Å²) in [5, 5.41) is 3.07. The van der Waals surface area contributed by atoms with Crippen LogP contribution in [0.2, 0.25) is 0 Å². The van der Waals surface area contributed by atoms with Crippen molar-refractivity contribution in [3.63, 3.8) is 0 Å². The standard InChI is InChI=1S/C25H33N3O4S/c1-17-8-6-7-9-21(17)23(29)26-19-12-14-28(15-13-19)24(30)22-16-20(11-10-18(22)2)33(31,32)27-25(3,4)5/h6-11,16,19,27H,12-15H2,1-5H3,(H,26,29). The minimum Gasteiger partial charge on any atom is -0.349 e. The Kier molecular flexibility index (Phi) is 7.29. The molecular weight excluding hydrogens is 438 g/mol. The van der Waals surface area contributed by atoms with Crippen molar-refractivity contribution in [3.05, 3.63) is 64.7 Å². The van der Waals surface area contributed by atoms with Crippen molar-refractivity contribution in [2.75, 3.05) is 13.1 Å². The smallest absolute Gasteiger partial charge is 0.254 e. The fraction of sp³-hybridized carbons (Fsp3) is 0.440. The van der Waals surface area contributed by atoms with Crippen LogP contribution in [0, 0.1) is 13.8 Å². The van der Waals surface area contributed by atoms with E-state index in [1.807, 2.05) is 31.2 Å². The second-order valence-corrected chi connectivity index (χ2v) is 11.4. The highest BCUT2D eigenvalue weighted by Gasteiger charge is 2.28. The number of aryl methyl sites for hydroxylation is 2. The Balaban J connectivity index is 1.67. The minimum atomic E-state index is -3.74. The molecule has 3 rings (SSSR count). The molecule has 0 radical (unpaired) electrons. The van der Waals surface area contributed by atoms with Crippen LogP contribution in [0.4, 0.5) is 0 Å². The maximum atomic E-state index is 13.2. The van der Waals surface area contributed by atoms with Gasteiger partial charge < -0.3 is 10.2 Å². The third-order valence-corrected chi connectivity index (χ3v) is 7.45. The molecule has 8 heteroatoms. The van der Waals surface area contributed by atoms with Crippen LogP contribution < -0.4 is 10.0 Å². The van der Waals surface area contributed by atoms with Crippen molar-refractivity contribution in [2.45, 2.75) is 63.9 Å². The summed E-state index contributed by atoms with van der Waals surface area (Å²) in [5.74, 6) is -0.290. The predicted octanol–water partition coefficient (Wildman–Crippen LogP) is 3.41. The first-order chi connectivity index (χ1) is 15.4. The summed E-state index contributed by atoms with van der Waals surface area (Å²) in [6.45, 7) is 10.0. The van der Waals surface area contributed by atoms with Gasteiger partial charge >= 0.3 is 0 Å². The van der Waals surface area contributed by atoms with Crippen LogP contribution in [0.1, 0.15) is 65.5 Å². The summed E-state index contributed by atoms with van der Waals surface area (Å²) in [4.78, 5) is 27.6. The summed E-state index contributed by atoms with van der Waals surface area (Å²) in [6.07, 6.45) is 1.29. The van der Waals surface area contributed by atoms with Crippen molar-refractivity contribution >= 4 is 21.8 Å². The maximum Gasteiger partial charge on any atom is 0.254 e. The predicted molar refractivity (Wildman–Crippen MR) is 129 cm³/mol. The Morgan fingerprint density at radius 1 is 0.939 bits per heavy atom. The number of rotatable bonds is 5. The van der Waals surface area contributed by atoms with E-state index < -0.39 is 15.6 Å². The molecule has 1 aliphatic rings. The Hall–Kier alpha value is -2.71. The second kappa shape index (κ2) is 9.65. The number of amides is 2. The average molecular weight is 472 g/mol. The fourth-order valence-electron chi connectivity index (χ4n) is 3.95. The zero-order valence-corrected chi connectivity index (χ0v) is 20.8. The zero-order chi connectivity index (χ0) is 24.4. The monoisotopic (exact) mass is 471 g/mol. The molecule has 178 valence electrons. The molecule has 2 N–H and O–H groups in total. The van der Waals surface area contributed by atoms with Crippen LogP contribution in [0.25, 0.3) is 0 Å². The van der Waals surface area contributed by atoms with E-state index in [9.17, 15) is 18.0 Å². The van der Waals surface area contributed by atoms with Gasteiger partial charge in [0.2, 0.25) is 10.0 Å². The largest absolute Gasteiger partial charge is 0.349 e. The third kappa shape index (κ3) is 6.21. The Labute approximate surface area is 196 Å². The SMILES string of the molecule is Cc1ccccc1C(=O)NC1CCN(C(=O)c2cc(S(=O)(=O)NC(C)(C)C)ccc2C)CC1. The minimum absolute atomic E-state index is 0.00930. The molecular formula is C25H33N3O4S. The molecule has 1 fully saturated rings. The van der Waals surface area contributed by atoms with E-state index in [4.69, 9.17) is 0 Å². The number of hydrogen-bond donors (Lipinski definition) is 2. The lowest BCUT2D eigenvalue weighted by molar-refractivity contribution is 0.0697. The second-order valence-electron chi connectivity index (χ2n) is 9.69. The molecule has 0 aromatic heterocycles. The summed E-state index contributed by atoms with van der Waals surface area (Å²) in [5.41, 5.74) is 2.07. The van der Waals surface area contributed by atoms with E-state index in [2.05, 4.69) is 10.0 Å². The van der Waals surface area contributed by atoms with Crippen LogP contribution in [-0.4, -0.2) is 49.8 Å². The number of hydrogen-bond acceptors (Lipinski definition) is 4. The fourth-order valence-corrected chi connectivity index (χ4v) is 5.39. The molecule has 0 saturated carbocycles. The van der Waals surface area contributed by atoms with Gasteiger partial charge in [-0.15, -0.1) is 0 Å². The van der Waals surface area contributed by atoms with E-state index in [1.54, 1.807) is 38.7 Å². The van der Waals surface area contributed by atoms with Gasteiger partial charge in [-0.05, 0) is 76.8 Å². The van der Waals surface area contributed by atoms with E-state index in [0.29, 0.717) is 37.1 Å². The molecule has 0 aliphatic carbocycles. The van der Waals surface area contributed by atoms with Gasteiger partial charge in [0.25, 0.3) is 11.8 Å². The van der Waals surface area contributed by atoms with Gasteiger partial charge in [-0.25, -0.2) is 13.1 Å². The number of sulfonamides is 1. The molecule has 2 amide bonds. The van der Waals surface area contributed by atoms with Crippen LogP contribution in [-0.2, 0) is 10.0 Å². The van der Waals surface area contributed by atoms with Crippen molar-refractivity contribution in [1.82, 2.24) is 14.9 Å². The van der Waals surface area contributed by atoms with E-state index in [1.165, 1.54) is 12.1 Å². The highest BCUT2D eigenvalue weighted by atomic mass is 32.2. The van der Waals surface area contributed by atoms with Crippen LogP contribution >= 0.6 is 0 Å². The van der Waals surface area contributed by atoms with Gasteiger partial charge in [0.1, 0.15) is 0 Å². The van der Waals surface area contributed by atoms with Gasteiger partial charge in [-0.1, -0.05) is 24.3 Å². The van der Waals surface area contributed by atoms with Gasteiger partial charge in [-0.3, -0.25) is 9.59 Å². The molecule has 7 nitrogen and oxygen atoms in total. The van der Waals surface area contributed by atoms with E-state index in [-0.39, 0.29) is 22.8 Å². The van der Waals surface area contributed by atoms with Gasteiger partial charge in [0.05, 0.1) is 4.90 Å². The first-order valence-corrected chi connectivity index (χ1v) is 12.7. The van der Waals surface area contributed by atoms with Crippen LogP contribution in [0.5, 0.6) is 0 Å². The van der Waals surface area contributed by atoms with E-state index in [0.717, 1.165) is 11.1 Å². The summed E-state index contributed by atoms with van der Waals surface area (Å²) in [7, 11) is -3.74. The molecule has 1 heterocycles. The van der Waals surface area contributed by atoms with Gasteiger partial charge in [-0.2, -0.15) is 0 Å². The molecule has 1 saturated heterocycles. The van der Waals surface area contributed by atoms with Crippen molar-refractivity contribution in [3.8, 4) is 0 Å². The number of benzene rings is 2. The Morgan fingerprint density at radius 3 is 2.15 bits per heavy atom. The topological polar surface area (TPSA) is 95.6 Å². The number of nitrogens with zero attached hydrogens (tertiary/aromatic N) is 1. The normalized spacial score (nSPS) is 15.4. The first kappa shape index (κ1) is 24.9. The van der Waals surface area contributed by atoms with Gasteiger partial charge in [0.15, 0.2) is 0 Å². The Bertz CT molecular complexity index is 1140. The van der Waals surface area contributed by atoms with Crippen molar-refractivity contribution in [2.24, 2.45) is 0 Å². The number of nitrogens with one attached hydrogen (secondary N) is 2. The van der Waals surface area contributed by atoms with Crippen LogP contribution in [0.3, 0.4) is 0 Å². The average Bonchev–Trinajstić information content (AvgIpc) is 2.72. The Morgan fingerprint density at radius 2 is 1.55 bits per heavy atom. The highest BCUT2D eigenvalue weighted by molar-refractivity contribution is 7.89. The number of piperidine rings is 1. The van der Waals surface area contributed by atoms with E-state index >= 15 is 0 Å². The molecule has 2 aromatic carbocycles. The first-order valence-electron chi connectivity index (χ1n) is 11.2. The third-order valence-electron chi connectivity index (χ3n) is 5.70. The lowest BCUT2D eigenvalue weighted by Crippen LogP contribution is -2.46. The highest BCUT2D eigenvalue weighted by Crippen LogP contribution is 2.21. The molecule has 33 heavy (non-hydrogen) atoms. The number of likely N-dealkylation sites (tertiary alicyclic amines) is 1. The van der Waals surface area contributed by atoms with Crippen LogP contribution in [0.15, 0.2) is 47.4 Å². The molecule has 0 spiro atoms. The lowest BCUT2D eigenvalue weighted by Gasteiger charge is -2.33. The summed E-state index contributed by atoms with van der Waals surface area (Å²) >= 11 is 0. The quantitative estimate of drug-likeness (QED) is 0.699. The summed E-state index contributed by atoms with van der Waals surface area (Å²) in [6, 6.07) is 12.1. The molecule has 1 aliphatic heterocycles. The van der Waals surface area contributed by atoms with Crippen molar-refractivity contribution in [1.29, 1.82) is 0 Å². The van der Waals surface area contributed by atoms with Gasteiger partial charge in [0, 0.05) is 35.8 Å². The summed E-state index contributed by atoms with van der Waals surface area (Å²) < 4.78 is 28.1.